The molecule has 0 heterocycles. The maximum atomic E-state index is 12.1. The van der Waals surface area contributed by atoms with Gasteiger partial charge in [0.1, 0.15) is 0 Å². The monoisotopic (exact) mass is 259 g/mol. The van der Waals surface area contributed by atoms with Crippen LogP contribution in [0.2, 0.25) is 0 Å². The molecule has 0 aromatic heterocycles. The van der Waals surface area contributed by atoms with Gasteiger partial charge in [-0.05, 0) is 36.1 Å². The van der Waals surface area contributed by atoms with Gasteiger partial charge in [0, 0.05) is 6.04 Å². The summed E-state index contributed by atoms with van der Waals surface area (Å²) >= 11 is 0. The minimum atomic E-state index is -4.26. The Labute approximate surface area is 102 Å². The van der Waals surface area contributed by atoms with Crippen LogP contribution in [0.25, 0.3) is 0 Å². The third-order valence-corrected chi connectivity index (χ3v) is 3.02. The van der Waals surface area contributed by atoms with Crippen molar-refractivity contribution >= 4 is 5.97 Å². The predicted molar refractivity (Wildman–Crippen MR) is 58.5 cm³/mol. The highest BCUT2D eigenvalue weighted by Gasteiger charge is 2.30. The molecule has 0 saturated carbocycles. The van der Waals surface area contributed by atoms with Gasteiger partial charge >= 0.3 is 12.1 Å². The first kappa shape index (κ1) is 12.9. The fourth-order valence-corrected chi connectivity index (χ4v) is 2.19. The number of carboxylic acid groups (broad SMARTS) is 1. The first-order valence-corrected chi connectivity index (χ1v) is 5.53. The van der Waals surface area contributed by atoms with Crippen LogP contribution in [0, 0.1) is 0 Å². The third-order valence-electron chi connectivity index (χ3n) is 3.02. The molecule has 2 rings (SSSR count). The van der Waals surface area contributed by atoms with Crippen molar-refractivity contribution < 1.29 is 23.1 Å². The fourth-order valence-electron chi connectivity index (χ4n) is 2.19. The summed E-state index contributed by atoms with van der Waals surface area (Å²) in [4.78, 5) is 10.8. The van der Waals surface area contributed by atoms with Gasteiger partial charge in [-0.1, -0.05) is 6.07 Å². The SMILES string of the molecule is O=C(O)c1ccc2c(c1)[C@H](NCC(F)(F)F)CC2. The highest BCUT2D eigenvalue weighted by molar-refractivity contribution is 5.88. The van der Waals surface area contributed by atoms with E-state index in [1.165, 1.54) is 12.1 Å². The summed E-state index contributed by atoms with van der Waals surface area (Å²) in [6.45, 7) is -1.06. The van der Waals surface area contributed by atoms with Gasteiger partial charge < -0.3 is 10.4 Å². The fraction of sp³-hybridized carbons (Fsp3) is 0.417. The van der Waals surface area contributed by atoms with Crippen LogP contribution in [0.4, 0.5) is 13.2 Å². The van der Waals surface area contributed by atoms with Crippen molar-refractivity contribution in [2.45, 2.75) is 25.1 Å². The molecule has 98 valence electrons. The Kier molecular flexibility index (Phi) is 3.30. The molecule has 0 radical (unpaired) electrons. The van der Waals surface area contributed by atoms with Crippen LogP contribution in [0.5, 0.6) is 0 Å². The van der Waals surface area contributed by atoms with Gasteiger partial charge in [-0.25, -0.2) is 4.79 Å². The molecule has 1 aliphatic carbocycles. The van der Waals surface area contributed by atoms with Crippen LogP contribution in [0.15, 0.2) is 18.2 Å². The molecule has 1 aromatic carbocycles. The van der Waals surface area contributed by atoms with E-state index in [1.54, 1.807) is 6.07 Å². The zero-order valence-electron chi connectivity index (χ0n) is 9.42. The highest BCUT2D eigenvalue weighted by atomic mass is 19.4. The molecule has 0 bridgehead atoms. The maximum absolute atomic E-state index is 12.1. The quantitative estimate of drug-likeness (QED) is 0.877. The van der Waals surface area contributed by atoms with Gasteiger partial charge in [0.25, 0.3) is 0 Å². The van der Waals surface area contributed by atoms with Crippen molar-refractivity contribution in [3.63, 3.8) is 0 Å². The van der Waals surface area contributed by atoms with E-state index in [0.29, 0.717) is 18.4 Å². The van der Waals surface area contributed by atoms with Crippen LogP contribution >= 0.6 is 0 Å². The normalized spacial score (nSPS) is 18.7. The summed E-state index contributed by atoms with van der Waals surface area (Å²) in [6.07, 6.45) is -3.02. The van der Waals surface area contributed by atoms with E-state index < -0.39 is 24.7 Å². The molecular formula is C12H12F3NO2. The lowest BCUT2D eigenvalue weighted by molar-refractivity contribution is -0.126. The first-order valence-electron chi connectivity index (χ1n) is 5.53. The Morgan fingerprint density at radius 1 is 1.44 bits per heavy atom. The van der Waals surface area contributed by atoms with Gasteiger partial charge in [0.05, 0.1) is 12.1 Å². The lowest BCUT2D eigenvalue weighted by atomic mass is 10.0. The Morgan fingerprint density at radius 2 is 2.17 bits per heavy atom. The van der Waals surface area contributed by atoms with E-state index >= 15 is 0 Å². The smallest absolute Gasteiger partial charge is 0.401 e. The molecular weight excluding hydrogens is 247 g/mol. The zero-order chi connectivity index (χ0) is 13.3. The van der Waals surface area contributed by atoms with Crippen LogP contribution in [0.1, 0.15) is 33.9 Å². The average Bonchev–Trinajstić information content (AvgIpc) is 2.67. The second-order valence-corrected chi connectivity index (χ2v) is 4.31. The van der Waals surface area contributed by atoms with Crippen LogP contribution in [0.3, 0.4) is 0 Å². The minimum absolute atomic E-state index is 0.106. The topological polar surface area (TPSA) is 49.3 Å². The second kappa shape index (κ2) is 4.61. The number of aryl methyl sites for hydroxylation is 1. The molecule has 0 spiro atoms. The predicted octanol–water partition coefficient (Wildman–Crippen LogP) is 2.52. The van der Waals surface area contributed by atoms with Crippen molar-refractivity contribution in [3.05, 3.63) is 34.9 Å². The summed E-state index contributed by atoms with van der Waals surface area (Å²) in [5.41, 5.74) is 1.69. The number of hydrogen-bond donors (Lipinski definition) is 2. The van der Waals surface area contributed by atoms with Crippen LogP contribution in [-0.4, -0.2) is 23.8 Å². The molecule has 0 fully saturated rings. The molecule has 6 heteroatoms. The number of fused-ring (bicyclic) bond motifs is 1. The van der Waals surface area contributed by atoms with Gasteiger partial charge in [-0.2, -0.15) is 13.2 Å². The summed E-state index contributed by atoms with van der Waals surface area (Å²) in [5.74, 6) is -1.07. The molecule has 1 atom stereocenters. The van der Waals surface area contributed by atoms with E-state index in [9.17, 15) is 18.0 Å². The van der Waals surface area contributed by atoms with E-state index in [-0.39, 0.29) is 5.56 Å². The molecule has 0 saturated heterocycles. The number of carboxylic acids is 1. The molecule has 2 N–H and O–H groups in total. The number of halogens is 3. The van der Waals surface area contributed by atoms with E-state index in [1.807, 2.05) is 0 Å². The van der Waals surface area contributed by atoms with Crippen molar-refractivity contribution in [3.8, 4) is 0 Å². The Morgan fingerprint density at radius 3 is 2.78 bits per heavy atom. The number of aromatic carboxylic acids is 1. The third kappa shape index (κ3) is 2.81. The first-order chi connectivity index (χ1) is 8.37. The molecule has 1 aromatic rings. The van der Waals surface area contributed by atoms with Crippen molar-refractivity contribution in [2.24, 2.45) is 0 Å². The largest absolute Gasteiger partial charge is 0.478 e. The zero-order valence-corrected chi connectivity index (χ0v) is 9.42. The molecule has 18 heavy (non-hydrogen) atoms. The van der Waals surface area contributed by atoms with E-state index in [4.69, 9.17) is 5.11 Å². The molecule has 1 aliphatic rings. The van der Waals surface area contributed by atoms with Crippen molar-refractivity contribution in [1.82, 2.24) is 5.32 Å². The summed E-state index contributed by atoms with van der Waals surface area (Å²) in [7, 11) is 0. The van der Waals surface area contributed by atoms with Gasteiger partial charge in [0.15, 0.2) is 0 Å². The Bertz CT molecular complexity index is 471. The number of nitrogens with one attached hydrogen (secondary N) is 1. The second-order valence-electron chi connectivity index (χ2n) is 4.31. The maximum Gasteiger partial charge on any atom is 0.401 e. The van der Waals surface area contributed by atoms with E-state index in [2.05, 4.69) is 5.32 Å². The summed E-state index contributed by atoms with van der Waals surface area (Å²) in [5, 5.41) is 11.3. The Balaban J connectivity index is 2.16. The molecule has 3 nitrogen and oxygen atoms in total. The summed E-state index contributed by atoms with van der Waals surface area (Å²) in [6, 6.07) is 4.20. The molecule has 0 aliphatic heterocycles. The number of carbonyl (C=O) groups is 1. The Hall–Kier alpha value is -1.56. The number of hydrogen-bond acceptors (Lipinski definition) is 2. The number of rotatable bonds is 3. The van der Waals surface area contributed by atoms with Gasteiger partial charge in [-0.3, -0.25) is 0 Å². The van der Waals surface area contributed by atoms with Gasteiger partial charge in [0.2, 0.25) is 0 Å². The highest BCUT2D eigenvalue weighted by Crippen LogP contribution is 2.32. The number of alkyl halides is 3. The van der Waals surface area contributed by atoms with Crippen molar-refractivity contribution in [2.75, 3.05) is 6.54 Å². The van der Waals surface area contributed by atoms with Crippen LogP contribution in [-0.2, 0) is 6.42 Å². The van der Waals surface area contributed by atoms with Crippen molar-refractivity contribution in [1.29, 1.82) is 0 Å². The average molecular weight is 259 g/mol. The lowest BCUT2D eigenvalue weighted by Crippen LogP contribution is -2.31. The van der Waals surface area contributed by atoms with E-state index in [0.717, 1.165) is 5.56 Å². The molecule has 0 amide bonds. The standard InChI is InChI=1S/C12H12F3NO2/c13-12(14,15)6-16-10-4-3-7-1-2-8(11(17)18)5-9(7)10/h1-2,5,10,16H,3-4,6H2,(H,17,18)/t10-/m1/s1. The number of benzene rings is 1. The lowest BCUT2D eigenvalue weighted by Gasteiger charge is -2.16. The summed E-state index contributed by atoms with van der Waals surface area (Å²) < 4.78 is 36.4. The van der Waals surface area contributed by atoms with Crippen LogP contribution < -0.4 is 5.32 Å². The van der Waals surface area contributed by atoms with Gasteiger partial charge in [-0.15, -0.1) is 0 Å². The minimum Gasteiger partial charge on any atom is -0.478 e. The molecule has 0 unspecified atom stereocenters.